The van der Waals surface area contributed by atoms with Gasteiger partial charge in [0.1, 0.15) is 9.58 Å². The number of halogens is 1. The third kappa shape index (κ3) is 1.53. The Morgan fingerprint density at radius 1 is 1.57 bits per heavy atom. The lowest BCUT2D eigenvalue weighted by Crippen LogP contribution is -1.97. The van der Waals surface area contributed by atoms with Gasteiger partial charge in [0.2, 0.25) is 0 Å². The van der Waals surface area contributed by atoms with E-state index in [4.69, 9.17) is 0 Å². The van der Waals surface area contributed by atoms with Gasteiger partial charge in [0.05, 0.1) is 11.6 Å². The van der Waals surface area contributed by atoms with Crippen LogP contribution < -0.4 is 4.98 Å². The van der Waals surface area contributed by atoms with Crippen LogP contribution in [-0.2, 0) is 4.74 Å². The van der Waals surface area contributed by atoms with E-state index in [1.807, 2.05) is 18.5 Å². The van der Waals surface area contributed by atoms with Crippen LogP contribution in [-0.4, -0.2) is 13.1 Å². The van der Waals surface area contributed by atoms with Gasteiger partial charge in [-0.3, -0.25) is 0 Å². The number of H-pyrrole nitrogens is 1. The van der Waals surface area contributed by atoms with Crippen LogP contribution in [0.25, 0.3) is 10.1 Å². The van der Waals surface area contributed by atoms with E-state index >= 15 is 0 Å². The average molecular weight is 273 g/mol. The summed E-state index contributed by atoms with van der Waals surface area (Å²) >= 11 is 4.81. The van der Waals surface area contributed by atoms with Gasteiger partial charge in [0.15, 0.2) is 12.4 Å². The van der Waals surface area contributed by atoms with Crippen LogP contribution in [0.4, 0.5) is 0 Å². The van der Waals surface area contributed by atoms with Gasteiger partial charge in [-0.05, 0) is 22.0 Å². The number of fused-ring (bicyclic) bond motifs is 1. The number of carbonyl (C=O) groups is 1. The Balaban J connectivity index is 2.62. The van der Waals surface area contributed by atoms with Gasteiger partial charge in [0.25, 0.3) is 0 Å². The summed E-state index contributed by atoms with van der Waals surface area (Å²) in [5.74, 6) is -0.293. The molecule has 0 amide bonds. The summed E-state index contributed by atoms with van der Waals surface area (Å²) in [6.07, 6.45) is 3.69. The molecule has 0 aliphatic rings. The lowest BCUT2D eigenvalue weighted by molar-refractivity contribution is -0.376. The van der Waals surface area contributed by atoms with Crippen LogP contribution in [0.3, 0.4) is 0 Å². The standard InChI is InChI=1S/C9H6BrNO2S/c1-13-9(12)7-2-5-6(10)3-11-4-8(5)14-7/h2-4H,1H3/p+1. The van der Waals surface area contributed by atoms with E-state index in [2.05, 4.69) is 25.7 Å². The van der Waals surface area contributed by atoms with E-state index in [9.17, 15) is 4.79 Å². The van der Waals surface area contributed by atoms with Gasteiger partial charge in [-0.2, -0.15) is 0 Å². The number of hydrogen-bond donors (Lipinski definition) is 0. The molecule has 3 nitrogen and oxygen atoms in total. The van der Waals surface area contributed by atoms with Crippen molar-refractivity contribution in [1.29, 1.82) is 0 Å². The highest BCUT2D eigenvalue weighted by Gasteiger charge is 2.13. The summed E-state index contributed by atoms with van der Waals surface area (Å²) in [5.41, 5.74) is 0. The number of aromatic amines is 1. The molecule has 0 fully saturated rings. The maximum absolute atomic E-state index is 11.3. The number of aromatic nitrogens is 1. The molecule has 2 aromatic rings. The predicted octanol–water partition coefficient (Wildman–Crippen LogP) is 2.26. The van der Waals surface area contributed by atoms with Crippen LogP contribution in [0.2, 0.25) is 0 Å². The Morgan fingerprint density at radius 3 is 3.00 bits per heavy atom. The normalized spacial score (nSPS) is 10.4. The number of ether oxygens (including phenoxy) is 1. The molecule has 0 saturated carbocycles. The summed E-state index contributed by atoms with van der Waals surface area (Å²) < 4.78 is 6.62. The molecule has 0 aliphatic heterocycles. The molecule has 2 aromatic heterocycles. The van der Waals surface area contributed by atoms with E-state index in [-0.39, 0.29) is 5.97 Å². The highest BCUT2D eigenvalue weighted by molar-refractivity contribution is 9.10. The molecule has 0 unspecified atom stereocenters. The van der Waals surface area contributed by atoms with E-state index in [1.165, 1.54) is 18.4 Å². The highest BCUT2D eigenvalue weighted by atomic mass is 79.9. The third-order valence-corrected chi connectivity index (χ3v) is 3.55. The second-order valence-corrected chi connectivity index (χ2v) is 4.62. The third-order valence-electron chi connectivity index (χ3n) is 1.83. The molecule has 5 heteroatoms. The number of esters is 1. The van der Waals surface area contributed by atoms with Gasteiger partial charge < -0.3 is 4.74 Å². The lowest BCUT2D eigenvalue weighted by atomic mass is 10.3. The predicted molar refractivity (Wildman–Crippen MR) is 57.4 cm³/mol. The van der Waals surface area contributed by atoms with E-state index in [0.717, 1.165) is 14.6 Å². The molecule has 0 aliphatic carbocycles. The van der Waals surface area contributed by atoms with Crippen molar-refractivity contribution in [3.05, 3.63) is 27.8 Å². The summed E-state index contributed by atoms with van der Waals surface area (Å²) in [5, 5.41) is 1.02. The number of carbonyl (C=O) groups excluding carboxylic acids is 1. The number of nitrogens with one attached hydrogen (secondary N) is 1. The molecule has 72 valence electrons. The van der Waals surface area contributed by atoms with Crippen molar-refractivity contribution in [2.75, 3.05) is 7.11 Å². The quantitative estimate of drug-likeness (QED) is 0.748. The van der Waals surface area contributed by atoms with Crippen LogP contribution >= 0.6 is 27.3 Å². The van der Waals surface area contributed by atoms with Gasteiger partial charge >= 0.3 is 5.97 Å². The molecule has 2 rings (SSSR count). The van der Waals surface area contributed by atoms with Gasteiger partial charge in [-0.15, -0.1) is 11.3 Å². The SMILES string of the molecule is COC(=O)c1cc2c(Br)c[nH+]cc2s1. The molecule has 0 radical (unpaired) electrons. The Labute approximate surface area is 92.8 Å². The summed E-state index contributed by atoms with van der Waals surface area (Å²) in [6, 6.07) is 1.82. The largest absolute Gasteiger partial charge is 0.465 e. The van der Waals surface area contributed by atoms with Crippen molar-refractivity contribution in [2.24, 2.45) is 0 Å². The highest BCUT2D eigenvalue weighted by Crippen LogP contribution is 2.29. The van der Waals surface area contributed by atoms with Crippen molar-refractivity contribution in [1.82, 2.24) is 0 Å². The zero-order valence-corrected chi connectivity index (χ0v) is 9.74. The minimum Gasteiger partial charge on any atom is -0.465 e. The van der Waals surface area contributed by atoms with Crippen molar-refractivity contribution >= 4 is 43.3 Å². The Kier molecular flexibility index (Phi) is 2.52. The molecule has 0 spiro atoms. The number of pyridine rings is 1. The Morgan fingerprint density at radius 2 is 2.36 bits per heavy atom. The zero-order chi connectivity index (χ0) is 10.1. The van der Waals surface area contributed by atoms with E-state index in [0.29, 0.717) is 4.88 Å². The van der Waals surface area contributed by atoms with Crippen molar-refractivity contribution in [2.45, 2.75) is 0 Å². The van der Waals surface area contributed by atoms with Crippen LogP contribution in [0.15, 0.2) is 22.9 Å². The fourth-order valence-corrected chi connectivity index (χ4v) is 2.75. The summed E-state index contributed by atoms with van der Waals surface area (Å²) in [4.78, 5) is 14.9. The fourth-order valence-electron chi connectivity index (χ4n) is 1.17. The van der Waals surface area contributed by atoms with Crippen LogP contribution in [0.5, 0.6) is 0 Å². The first-order chi connectivity index (χ1) is 6.72. The van der Waals surface area contributed by atoms with E-state index < -0.39 is 0 Å². The van der Waals surface area contributed by atoms with Crippen LogP contribution in [0.1, 0.15) is 9.67 Å². The van der Waals surface area contributed by atoms with Gasteiger partial charge in [-0.1, -0.05) is 0 Å². The lowest BCUT2D eigenvalue weighted by Gasteiger charge is -1.90. The number of rotatable bonds is 1. The molecule has 0 aromatic carbocycles. The smallest absolute Gasteiger partial charge is 0.348 e. The first-order valence-corrected chi connectivity index (χ1v) is 5.51. The number of thiophene rings is 1. The molecule has 1 N–H and O–H groups in total. The summed E-state index contributed by atoms with van der Waals surface area (Å²) in [6.45, 7) is 0. The first-order valence-electron chi connectivity index (χ1n) is 3.90. The van der Waals surface area contributed by atoms with Crippen molar-refractivity contribution in [3.63, 3.8) is 0 Å². The monoisotopic (exact) mass is 272 g/mol. The average Bonchev–Trinajstić information content (AvgIpc) is 2.62. The van der Waals surface area contributed by atoms with Gasteiger partial charge in [-0.25, -0.2) is 9.78 Å². The molecule has 14 heavy (non-hydrogen) atoms. The molecular weight excluding hydrogens is 266 g/mol. The zero-order valence-electron chi connectivity index (χ0n) is 7.33. The topological polar surface area (TPSA) is 40.4 Å². The minimum absolute atomic E-state index is 0.293. The number of hydrogen-bond acceptors (Lipinski definition) is 3. The molecule has 0 saturated heterocycles. The number of methoxy groups -OCH3 is 1. The van der Waals surface area contributed by atoms with Crippen LogP contribution in [0, 0.1) is 0 Å². The molecule has 0 atom stereocenters. The second kappa shape index (κ2) is 3.67. The van der Waals surface area contributed by atoms with Crippen molar-refractivity contribution in [3.8, 4) is 0 Å². The summed E-state index contributed by atoms with van der Waals surface area (Å²) in [7, 11) is 1.38. The maximum Gasteiger partial charge on any atom is 0.348 e. The molecular formula is C9H7BrNO2S+. The minimum atomic E-state index is -0.293. The van der Waals surface area contributed by atoms with E-state index in [1.54, 1.807) is 0 Å². The Hall–Kier alpha value is -0.940. The molecule has 2 heterocycles. The maximum atomic E-state index is 11.3. The fraction of sp³-hybridized carbons (Fsp3) is 0.111. The molecule has 0 bridgehead atoms. The second-order valence-electron chi connectivity index (χ2n) is 2.68. The Bertz CT molecular complexity index is 495. The van der Waals surface area contributed by atoms with Crippen molar-refractivity contribution < 1.29 is 14.5 Å². The van der Waals surface area contributed by atoms with Gasteiger partial charge in [0, 0.05) is 5.39 Å². The first kappa shape index (κ1) is 9.61.